The van der Waals surface area contributed by atoms with Crippen LogP contribution >= 0.6 is 0 Å². The van der Waals surface area contributed by atoms with Crippen molar-refractivity contribution in [2.45, 2.75) is 44.4 Å². The molecule has 5 nitrogen and oxygen atoms in total. The van der Waals surface area contributed by atoms with E-state index in [1.54, 1.807) is 0 Å². The molecule has 23 heavy (non-hydrogen) atoms. The summed E-state index contributed by atoms with van der Waals surface area (Å²) in [5.74, 6) is 0. The van der Waals surface area contributed by atoms with Crippen LogP contribution in [0.2, 0.25) is 0 Å². The van der Waals surface area contributed by atoms with E-state index in [0.717, 1.165) is 26.2 Å². The van der Waals surface area contributed by atoms with Crippen molar-refractivity contribution in [3.8, 4) is 0 Å². The summed E-state index contributed by atoms with van der Waals surface area (Å²) in [4.78, 5) is 10.2. The van der Waals surface area contributed by atoms with Gasteiger partial charge in [0.1, 0.15) is 0 Å². The molecule has 5 heteroatoms. The van der Waals surface area contributed by atoms with Crippen molar-refractivity contribution in [3.05, 3.63) is 0 Å². The molecule has 3 fully saturated rings. The predicted molar refractivity (Wildman–Crippen MR) is 95.0 cm³/mol. The number of piperazine rings is 1. The molecule has 3 heterocycles. The molecule has 134 valence electrons. The van der Waals surface area contributed by atoms with Gasteiger partial charge in [0.2, 0.25) is 0 Å². The maximum atomic E-state index is 6.60. The lowest BCUT2D eigenvalue weighted by Gasteiger charge is -2.47. The highest BCUT2D eigenvalue weighted by atomic mass is 16.5. The van der Waals surface area contributed by atoms with E-state index in [2.05, 4.69) is 40.6 Å². The van der Waals surface area contributed by atoms with E-state index in [0.29, 0.717) is 18.2 Å². The Bertz CT molecular complexity index is 361. The van der Waals surface area contributed by atoms with Crippen LogP contribution in [0.5, 0.6) is 0 Å². The van der Waals surface area contributed by atoms with Gasteiger partial charge in [-0.2, -0.15) is 0 Å². The second-order valence-electron chi connectivity index (χ2n) is 7.81. The lowest BCUT2D eigenvalue weighted by Crippen LogP contribution is -2.62. The van der Waals surface area contributed by atoms with Gasteiger partial charge in [-0.1, -0.05) is 6.92 Å². The third kappa shape index (κ3) is 4.67. The van der Waals surface area contributed by atoms with Crippen LogP contribution in [0.15, 0.2) is 0 Å². The molecule has 3 aliphatic rings. The lowest BCUT2D eigenvalue weighted by molar-refractivity contribution is -0.125. The van der Waals surface area contributed by atoms with Gasteiger partial charge in [0.15, 0.2) is 0 Å². The smallest absolute Gasteiger partial charge is 0.0873 e. The summed E-state index contributed by atoms with van der Waals surface area (Å²) in [5.41, 5.74) is 0. The van der Waals surface area contributed by atoms with E-state index in [4.69, 9.17) is 4.74 Å². The topological polar surface area (TPSA) is 22.2 Å². The molecule has 0 aromatic heterocycles. The van der Waals surface area contributed by atoms with E-state index < -0.39 is 0 Å². The fourth-order valence-corrected chi connectivity index (χ4v) is 4.50. The number of morpholine rings is 1. The fraction of sp³-hybridized carbons (Fsp3) is 1.00. The Morgan fingerprint density at radius 3 is 2.43 bits per heavy atom. The zero-order valence-electron chi connectivity index (χ0n) is 15.4. The zero-order chi connectivity index (χ0) is 16.2. The number of ether oxygens (including phenoxy) is 1. The third-order valence-electron chi connectivity index (χ3n) is 5.91. The van der Waals surface area contributed by atoms with E-state index in [-0.39, 0.29) is 0 Å². The van der Waals surface area contributed by atoms with Gasteiger partial charge in [-0.05, 0) is 53.0 Å². The number of hydrogen-bond donors (Lipinski definition) is 0. The molecular formula is C18H36N4O. The van der Waals surface area contributed by atoms with Crippen LogP contribution in [-0.4, -0.2) is 111 Å². The van der Waals surface area contributed by atoms with Crippen LogP contribution in [0.4, 0.5) is 0 Å². The Morgan fingerprint density at radius 1 is 0.913 bits per heavy atom. The van der Waals surface area contributed by atoms with Crippen LogP contribution in [0, 0.1) is 0 Å². The monoisotopic (exact) mass is 324 g/mol. The van der Waals surface area contributed by atoms with Crippen LogP contribution in [0.1, 0.15) is 26.2 Å². The van der Waals surface area contributed by atoms with E-state index >= 15 is 0 Å². The highest BCUT2D eigenvalue weighted by Gasteiger charge is 2.36. The van der Waals surface area contributed by atoms with Gasteiger partial charge < -0.3 is 19.4 Å². The number of likely N-dealkylation sites (tertiary alicyclic amines) is 1. The number of rotatable bonds is 5. The minimum Gasteiger partial charge on any atom is -0.371 e. The molecule has 3 unspecified atom stereocenters. The molecule has 0 spiro atoms. The maximum Gasteiger partial charge on any atom is 0.0873 e. The van der Waals surface area contributed by atoms with Gasteiger partial charge in [0.25, 0.3) is 0 Å². The standard InChI is InChI=1S/C18H36N4O/c1-4-22-12-11-19(2)14-17(22)18-15-20(3)13-16(23-18)7-10-21-8-5-6-9-21/h16-18H,4-15H2,1-3H3. The molecule has 0 radical (unpaired) electrons. The first-order chi connectivity index (χ1) is 11.2. The van der Waals surface area contributed by atoms with Crippen molar-refractivity contribution < 1.29 is 4.74 Å². The Labute approximate surface area is 142 Å². The predicted octanol–water partition coefficient (Wildman–Crippen LogP) is 0.807. The Kier molecular flexibility index (Phi) is 6.32. The van der Waals surface area contributed by atoms with Crippen LogP contribution in [0.25, 0.3) is 0 Å². The number of nitrogens with zero attached hydrogens (tertiary/aromatic N) is 4. The SMILES string of the molecule is CCN1CCN(C)CC1C1CN(C)CC(CCN2CCCC2)O1. The third-order valence-corrected chi connectivity index (χ3v) is 5.91. The van der Waals surface area contributed by atoms with Crippen LogP contribution in [-0.2, 0) is 4.74 Å². The van der Waals surface area contributed by atoms with Crippen molar-refractivity contribution in [2.24, 2.45) is 0 Å². The molecule has 0 amide bonds. The second kappa shape index (κ2) is 8.26. The highest BCUT2D eigenvalue weighted by molar-refractivity contribution is 4.91. The molecule has 3 saturated heterocycles. The molecule has 0 aromatic carbocycles. The first-order valence-corrected chi connectivity index (χ1v) is 9.64. The van der Waals surface area contributed by atoms with E-state index in [9.17, 15) is 0 Å². The summed E-state index contributed by atoms with van der Waals surface area (Å²) >= 11 is 0. The molecule has 0 saturated carbocycles. The van der Waals surface area contributed by atoms with Crippen molar-refractivity contribution in [1.29, 1.82) is 0 Å². The molecule has 0 aromatic rings. The van der Waals surface area contributed by atoms with Crippen LogP contribution < -0.4 is 0 Å². The Hall–Kier alpha value is -0.200. The molecular weight excluding hydrogens is 288 g/mol. The normalized spacial score (nSPS) is 35.9. The minimum atomic E-state index is 0.361. The van der Waals surface area contributed by atoms with Gasteiger partial charge in [-0.15, -0.1) is 0 Å². The summed E-state index contributed by atoms with van der Waals surface area (Å²) in [6.45, 7) is 12.9. The molecule has 0 aliphatic carbocycles. The summed E-state index contributed by atoms with van der Waals surface area (Å²) in [6, 6.07) is 0.552. The summed E-state index contributed by atoms with van der Waals surface area (Å²) in [6.07, 6.45) is 4.72. The zero-order valence-corrected chi connectivity index (χ0v) is 15.4. The summed E-state index contributed by atoms with van der Waals surface area (Å²) in [7, 11) is 4.51. The van der Waals surface area contributed by atoms with Gasteiger partial charge in [-0.3, -0.25) is 4.90 Å². The average molecular weight is 325 g/mol. The fourth-order valence-electron chi connectivity index (χ4n) is 4.50. The van der Waals surface area contributed by atoms with E-state index in [1.165, 1.54) is 52.0 Å². The Morgan fingerprint density at radius 2 is 1.70 bits per heavy atom. The minimum absolute atomic E-state index is 0.361. The van der Waals surface area contributed by atoms with E-state index in [1.807, 2.05) is 0 Å². The van der Waals surface area contributed by atoms with Gasteiger partial charge in [0, 0.05) is 45.3 Å². The van der Waals surface area contributed by atoms with Crippen molar-refractivity contribution in [3.63, 3.8) is 0 Å². The van der Waals surface area contributed by atoms with Crippen molar-refractivity contribution in [1.82, 2.24) is 19.6 Å². The lowest BCUT2D eigenvalue weighted by atomic mass is 10.0. The van der Waals surface area contributed by atoms with Crippen LogP contribution in [0.3, 0.4) is 0 Å². The highest BCUT2D eigenvalue weighted by Crippen LogP contribution is 2.22. The first kappa shape index (κ1) is 17.6. The second-order valence-corrected chi connectivity index (χ2v) is 7.81. The molecule has 3 atom stereocenters. The molecule has 0 bridgehead atoms. The maximum absolute atomic E-state index is 6.60. The largest absolute Gasteiger partial charge is 0.371 e. The Balaban J connectivity index is 1.55. The van der Waals surface area contributed by atoms with Crippen molar-refractivity contribution >= 4 is 0 Å². The molecule has 0 N–H and O–H groups in total. The first-order valence-electron chi connectivity index (χ1n) is 9.64. The molecule has 3 rings (SSSR count). The van der Waals surface area contributed by atoms with Gasteiger partial charge in [-0.25, -0.2) is 0 Å². The quantitative estimate of drug-likeness (QED) is 0.744. The summed E-state index contributed by atoms with van der Waals surface area (Å²) in [5, 5.41) is 0. The number of likely N-dealkylation sites (N-methyl/N-ethyl adjacent to an activating group) is 3. The number of hydrogen-bond acceptors (Lipinski definition) is 5. The van der Waals surface area contributed by atoms with Crippen molar-refractivity contribution in [2.75, 3.05) is 73.0 Å². The summed E-state index contributed by atoms with van der Waals surface area (Å²) < 4.78 is 6.60. The van der Waals surface area contributed by atoms with Gasteiger partial charge in [0.05, 0.1) is 12.2 Å². The van der Waals surface area contributed by atoms with Gasteiger partial charge >= 0.3 is 0 Å². The average Bonchev–Trinajstić information content (AvgIpc) is 3.06. The molecule has 3 aliphatic heterocycles.